The monoisotopic (exact) mass is 298 g/mol. The van der Waals surface area contributed by atoms with Gasteiger partial charge in [0.05, 0.1) is 18.4 Å². The van der Waals surface area contributed by atoms with Gasteiger partial charge in [0.2, 0.25) is 0 Å². The van der Waals surface area contributed by atoms with Gasteiger partial charge in [-0.1, -0.05) is 12.1 Å². The minimum Gasteiger partial charge on any atom is -0.376 e. The van der Waals surface area contributed by atoms with E-state index in [4.69, 9.17) is 4.74 Å². The Bertz CT molecular complexity index is 353. The molecule has 0 saturated carbocycles. The lowest BCUT2D eigenvalue weighted by Crippen LogP contribution is -2.40. The van der Waals surface area contributed by atoms with Gasteiger partial charge in [-0.15, -0.1) is 0 Å². The molecule has 1 heterocycles. The third-order valence-electron chi connectivity index (χ3n) is 3.05. The summed E-state index contributed by atoms with van der Waals surface area (Å²) in [5.41, 5.74) is 1.23. The largest absolute Gasteiger partial charge is 0.376 e. The first-order chi connectivity index (χ1) is 8.27. The van der Waals surface area contributed by atoms with Crippen molar-refractivity contribution in [1.29, 1.82) is 0 Å². The second-order valence-electron chi connectivity index (χ2n) is 4.36. The molecule has 4 heteroatoms. The standard InChI is InChI=1S/C13H19BrN2O/c1-16(13-5-3-2-4-12(13)14)8-6-11-10-15-7-9-17-11/h2-5,11,15H,6-10H2,1H3. The van der Waals surface area contributed by atoms with Crippen LogP contribution in [0.4, 0.5) is 5.69 Å². The number of benzene rings is 1. The molecule has 1 unspecified atom stereocenters. The number of ether oxygens (including phenoxy) is 1. The number of nitrogens with zero attached hydrogens (tertiary/aromatic N) is 1. The topological polar surface area (TPSA) is 24.5 Å². The molecule has 1 aromatic carbocycles. The molecule has 0 aliphatic carbocycles. The van der Waals surface area contributed by atoms with Crippen LogP contribution < -0.4 is 10.2 Å². The highest BCUT2D eigenvalue weighted by Gasteiger charge is 2.14. The molecular formula is C13H19BrN2O. The zero-order valence-electron chi connectivity index (χ0n) is 10.2. The minimum atomic E-state index is 0.355. The second-order valence-corrected chi connectivity index (χ2v) is 5.21. The van der Waals surface area contributed by atoms with Gasteiger partial charge in [-0.25, -0.2) is 0 Å². The van der Waals surface area contributed by atoms with Crippen LogP contribution in [0.5, 0.6) is 0 Å². The molecule has 2 rings (SSSR count). The predicted molar refractivity (Wildman–Crippen MR) is 74.6 cm³/mol. The molecule has 0 spiro atoms. The second kappa shape index (κ2) is 6.38. The number of rotatable bonds is 4. The molecular weight excluding hydrogens is 280 g/mol. The van der Waals surface area contributed by atoms with Crippen molar-refractivity contribution in [2.45, 2.75) is 12.5 Å². The molecule has 0 radical (unpaired) electrons. The van der Waals surface area contributed by atoms with E-state index in [9.17, 15) is 0 Å². The number of hydrogen-bond donors (Lipinski definition) is 1. The fourth-order valence-electron chi connectivity index (χ4n) is 2.02. The van der Waals surface area contributed by atoms with E-state index in [-0.39, 0.29) is 0 Å². The van der Waals surface area contributed by atoms with Crippen LogP contribution in [0.2, 0.25) is 0 Å². The van der Waals surface area contributed by atoms with E-state index in [2.05, 4.69) is 51.4 Å². The Hall–Kier alpha value is -0.580. The highest BCUT2D eigenvalue weighted by Crippen LogP contribution is 2.24. The lowest BCUT2D eigenvalue weighted by molar-refractivity contribution is 0.0250. The molecule has 17 heavy (non-hydrogen) atoms. The smallest absolute Gasteiger partial charge is 0.0716 e. The van der Waals surface area contributed by atoms with Crippen LogP contribution in [0.25, 0.3) is 0 Å². The van der Waals surface area contributed by atoms with Gasteiger partial charge in [-0.05, 0) is 34.5 Å². The number of morpholine rings is 1. The molecule has 1 fully saturated rings. The first-order valence-electron chi connectivity index (χ1n) is 6.05. The fourth-order valence-corrected chi connectivity index (χ4v) is 2.61. The molecule has 1 saturated heterocycles. The van der Waals surface area contributed by atoms with Gasteiger partial charge in [0.15, 0.2) is 0 Å². The first kappa shape index (κ1) is 12.9. The summed E-state index contributed by atoms with van der Waals surface area (Å²) in [5.74, 6) is 0. The quantitative estimate of drug-likeness (QED) is 0.923. The summed E-state index contributed by atoms with van der Waals surface area (Å²) >= 11 is 3.58. The number of anilines is 1. The van der Waals surface area contributed by atoms with Gasteiger partial charge in [0.1, 0.15) is 0 Å². The van der Waals surface area contributed by atoms with Gasteiger partial charge in [-0.3, -0.25) is 0 Å². The number of hydrogen-bond acceptors (Lipinski definition) is 3. The molecule has 1 aromatic rings. The Morgan fingerprint density at radius 1 is 1.47 bits per heavy atom. The van der Waals surface area contributed by atoms with Crippen molar-refractivity contribution >= 4 is 21.6 Å². The van der Waals surface area contributed by atoms with E-state index < -0.39 is 0 Å². The fraction of sp³-hybridized carbons (Fsp3) is 0.538. The summed E-state index contributed by atoms with van der Waals surface area (Å²) in [6.07, 6.45) is 1.42. The van der Waals surface area contributed by atoms with Crippen LogP contribution in [0.3, 0.4) is 0 Å². The summed E-state index contributed by atoms with van der Waals surface area (Å²) in [7, 11) is 2.12. The molecule has 1 N–H and O–H groups in total. The SMILES string of the molecule is CN(CCC1CNCCO1)c1ccccc1Br. The first-order valence-corrected chi connectivity index (χ1v) is 6.84. The molecule has 0 bridgehead atoms. The lowest BCUT2D eigenvalue weighted by Gasteiger charge is -2.27. The Morgan fingerprint density at radius 2 is 2.29 bits per heavy atom. The Kier molecular flexibility index (Phi) is 4.83. The molecule has 0 aromatic heterocycles. The van der Waals surface area contributed by atoms with Gasteiger partial charge in [0, 0.05) is 31.2 Å². The summed E-state index contributed by atoms with van der Waals surface area (Å²) in [6, 6.07) is 8.30. The van der Waals surface area contributed by atoms with Crippen molar-refractivity contribution in [3.05, 3.63) is 28.7 Å². The maximum atomic E-state index is 5.69. The van der Waals surface area contributed by atoms with Crippen molar-refractivity contribution in [3.8, 4) is 0 Å². The van der Waals surface area contributed by atoms with E-state index in [0.717, 1.165) is 37.1 Å². The highest BCUT2D eigenvalue weighted by atomic mass is 79.9. The molecule has 3 nitrogen and oxygen atoms in total. The summed E-state index contributed by atoms with van der Waals surface area (Å²) < 4.78 is 6.84. The Labute approximate surface area is 111 Å². The lowest BCUT2D eigenvalue weighted by atomic mass is 10.2. The molecule has 1 aliphatic heterocycles. The normalized spacial score (nSPS) is 20.2. The summed E-state index contributed by atoms with van der Waals surface area (Å²) in [4.78, 5) is 2.27. The van der Waals surface area contributed by atoms with Crippen LogP contribution in [0.15, 0.2) is 28.7 Å². The molecule has 94 valence electrons. The third-order valence-corrected chi connectivity index (χ3v) is 3.73. The van der Waals surface area contributed by atoms with E-state index in [1.54, 1.807) is 0 Å². The van der Waals surface area contributed by atoms with Gasteiger partial charge < -0.3 is 15.0 Å². The van der Waals surface area contributed by atoms with Crippen LogP contribution in [0, 0.1) is 0 Å². The Morgan fingerprint density at radius 3 is 3.00 bits per heavy atom. The van der Waals surface area contributed by atoms with E-state index in [0.29, 0.717) is 6.10 Å². The number of para-hydroxylation sites is 1. The summed E-state index contributed by atoms with van der Waals surface area (Å²) in [6.45, 7) is 3.80. The van der Waals surface area contributed by atoms with E-state index in [1.165, 1.54) is 5.69 Å². The zero-order valence-corrected chi connectivity index (χ0v) is 11.7. The average Bonchev–Trinajstić information content (AvgIpc) is 2.38. The molecule has 1 atom stereocenters. The van der Waals surface area contributed by atoms with Crippen LogP contribution in [-0.4, -0.2) is 39.4 Å². The van der Waals surface area contributed by atoms with Gasteiger partial charge in [0.25, 0.3) is 0 Å². The van der Waals surface area contributed by atoms with E-state index in [1.807, 2.05) is 6.07 Å². The maximum absolute atomic E-state index is 5.69. The van der Waals surface area contributed by atoms with Crippen LogP contribution in [0.1, 0.15) is 6.42 Å². The third kappa shape index (κ3) is 3.69. The minimum absolute atomic E-state index is 0.355. The van der Waals surface area contributed by atoms with Crippen molar-refractivity contribution < 1.29 is 4.74 Å². The zero-order chi connectivity index (χ0) is 12.1. The van der Waals surface area contributed by atoms with E-state index >= 15 is 0 Å². The van der Waals surface area contributed by atoms with Crippen molar-refractivity contribution in [1.82, 2.24) is 5.32 Å². The van der Waals surface area contributed by atoms with Gasteiger partial charge >= 0.3 is 0 Å². The Balaban J connectivity index is 1.84. The van der Waals surface area contributed by atoms with Crippen molar-refractivity contribution in [2.75, 3.05) is 38.2 Å². The van der Waals surface area contributed by atoms with Crippen LogP contribution in [-0.2, 0) is 4.74 Å². The maximum Gasteiger partial charge on any atom is 0.0716 e. The number of halogens is 1. The summed E-state index contributed by atoms with van der Waals surface area (Å²) in [5, 5.41) is 3.36. The molecule has 0 amide bonds. The predicted octanol–water partition coefficient (Wildman–Crippen LogP) is 2.26. The molecule has 1 aliphatic rings. The van der Waals surface area contributed by atoms with Crippen LogP contribution >= 0.6 is 15.9 Å². The average molecular weight is 299 g/mol. The highest BCUT2D eigenvalue weighted by molar-refractivity contribution is 9.10. The number of nitrogens with one attached hydrogen (secondary N) is 1. The van der Waals surface area contributed by atoms with Gasteiger partial charge in [-0.2, -0.15) is 0 Å². The van der Waals surface area contributed by atoms with Crippen molar-refractivity contribution in [2.24, 2.45) is 0 Å². The van der Waals surface area contributed by atoms with Crippen molar-refractivity contribution in [3.63, 3.8) is 0 Å².